The van der Waals surface area contributed by atoms with Crippen molar-refractivity contribution in [1.29, 1.82) is 0 Å². The molecule has 0 radical (unpaired) electrons. The van der Waals surface area contributed by atoms with E-state index < -0.39 is 5.97 Å². The second kappa shape index (κ2) is 4.85. The highest BCUT2D eigenvalue weighted by Crippen LogP contribution is 2.20. The molecule has 0 spiro atoms. The Bertz CT molecular complexity index is 757. The molecular weight excluding hydrogens is 256 g/mol. The monoisotopic (exact) mass is 270 g/mol. The lowest BCUT2D eigenvalue weighted by atomic mass is 10.2. The van der Waals surface area contributed by atoms with Gasteiger partial charge < -0.3 is 14.1 Å². The van der Waals surface area contributed by atoms with E-state index in [2.05, 4.69) is 9.55 Å². The highest BCUT2D eigenvalue weighted by Gasteiger charge is 2.13. The van der Waals surface area contributed by atoms with Crippen LogP contribution in [0.1, 0.15) is 28.9 Å². The van der Waals surface area contributed by atoms with Crippen molar-refractivity contribution in [3.63, 3.8) is 0 Å². The van der Waals surface area contributed by atoms with Gasteiger partial charge in [-0.1, -0.05) is 6.92 Å². The average molecular weight is 270 g/mol. The molecule has 5 heteroatoms. The minimum absolute atomic E-state index is 0.253. The van der Waals surface area contributed by atoms with Gasteiger partial charge in [-0.3, -0.25) is 0 Å². The molecule has 0 aliphatic rings. The smallest absolute Gasteiger partial charge is 0.335 e. The van der Waals surface area contributed by atoms with Gasteiger partial charge in [-0.2, -0.15) is 0 Å². The van der Waals surface area contributed by atoms with Crippen LogP contribution in [-0.4, -0.2) is 20.6 Å². The summed E-state index contributed by atoms with van der Waals surface area (Å²) in [7, 11) is 0. The average Bonchev–Trinajstić information content (AvgIpc) is 3.06. The predicted octanol–water partition coefficient (Wildman–Crippen LogP) is 2.94. The molecule has 0 aliphatic heterocycles. The van der Waals surface area contributed by atoms with E-state index in [0.29, 0.717) is 12.1 Å². The van der Waals surface area contributed by atoms with Crippen LogP contribution in [0, 0.1) is 0 Å². The van der Waals surface area contributed by atoms with Gasteiger partial charge in [0.25, 0.3) is 0 Å². The first-order valence-electron chi connectivity index (χ1n) is 6.44. The van der Waals surface area contributed by atoms with Crippen molar-refractivity contribution in [1.82, 2.24) is 9.55 Å². The van der Waals surface area contributed by atoms with Gasteiger partial charge >= 0.3 is 5.97 Å². The van der Waals surface area contributed by atoms with E-state index in [-0.39, 0.29) is 5.56 Å². The summed E-state index contributed by atoms with van der Waals surface area (Å²) in [6, 6.07) is 8.77. The first-order valence-corrected chi connectivity index (χ1v) is 6.44. The zero-order chi connectivity index (χ0) is 14.1. The Labute approximate surface area is 115 Å². The fourth-order valence-corrected chi connectivity index (χ4v) is 2.32. The van der Waals surface area contributed by atoms with Gasteiger partial charge in [0.1, 0.15) is 11.6 Å². The maximum Gasteiger partial charge on any atom is 0.335 e. The molecule has 3 aromatic rings. The largest absolute Gasteiger partial charge is 0.478 e. The fourth-order valence-electron chi connectivity index (χ4n) is 2.32. The Morgan fingerprint density at radius 2 is 2.25 bits per heavy atom. The Balaban J connectivity index is 2.12. The van der Waals surface area contributed by atoms with Gasteiger partial charge in [-0.15, -0.1) is 0 Å². The van der Waals surface area contributed by atoms with Gasteiger partial charge in [0.05, 0.1) is 29.4 Å². The number of benzene rings is 1. The summed E-state index contributed by atoms with van der Waals surface area (Å²) in [6.45, 7) is 2.62. The SMILES string of the molecule is CCc1nc2cc(C(=O)O)ccc2n1Cc1ccco1. The number of carboxylic acids is 1. The number of nitrogens with zero attached hydrogens (tertiary/aromatic N) is 2. The molecule has 0 amide bonds. The second-order valence-electron chi connectivity index (χ2n) is 4.56. The van der Waals surface area contributed by atoms with E-state index in [1.807, 2.05) is 19.1 Å². The van der Waals surface area contributed by atoms with Crippen LogP contribution < -0.4 is 0 Å². The molecular formula is C15H14N2O3. The zero-order valence-corrected chi connectivity index (χ0v) is 11.0. The Morgan fingerprint density at radius 3 is 2.90 bits per heavy atom. The molecule has 1 aromatic carbocycles. The topological polar surface area (TPSA) is 68.3 Å². The fraction of sp³-hybridized carbons (Fsp3) is 0.200. The van der Waals surface area contributed by atoms with Gasteiger partial charge in [0, 0.05) is 6.42 Å². The third-order valence-corrected chi connectivity index (χ3v) is 3.28. The van der Waals surface area contributed by atoms with E-state index in [1.165, 1.54) is 0 Å². The minimum atomic E-state index is -0.939. The van der Waals surface area contributed by atoms with Crippen LogP contribution in [0.15, 0.2) is 41.0 Å². The van der Waals surface area contributed by atoms with Gasteiger partial charge in [-0.05, 0) is 30.3 Å². The molecule has 1 N–H and O–H groups in total. The second-order valence-corrected chi connectivity index (χ2v) is 4.56. The van der Waals surface area contributed by atoms with Crippen LogP contribution in [0.25, 0.3) is 11.0 Å². The quantitative estimate of drug-likeness (QED) is 0.791. The third kappa shape index (κ3) is 2.07. The van der Waals surface area contributed by atoms with E-state index in [4.69, 9.17) is 9.52 Å². The van der Waals surface area contributed by atoms with Crippen molar-refractivity contribution in [2.75, 3.05) is 0 Å². The molecule has 3 rings (SSSR count). The van der Waals surface area contributed by atoms with Crippen LogP contribution in [-0.2, 0) is 13.0 Å². The number of hydrogen-bond acceptors (Lipinski definition) is 3. The van der Waals surface area contributed by atoms with Crippen LogP contribution >= 0.6 is 0 Å². The summed E-state index contributed by atoms with van der Waals surface area (Å²) in [5, 5.41) is 9.04. The van der Waals surface area contributed by atoms with Crippen molar-refractivity contribution >= 4 is 17.0 Å². The van der Waals surface area contributed by atoms with Crippen molar-refractivity contribution in [3.8, 4) is 0 Å². The maximum absolute atomic E-state index is 11.0. The molecule has 0 aliphatic carbocycles. The Kier molecular flexibility index (Phi) is 3.02. The van der Waals surface area contributed by atoms with Crippen LogP contribution in [0.5, 0.6) is 0 Å². The highest BCUT2D eigenvalue weighted by atomic mass is 16.4. The summed E-state index contributed by atoms with van der Waals surface area (Å²) in [4.78, 5) is 15.5. The number of aromatic carboxylic acids is 1. The summed E-state index contributed by atoms with van der Waals surface area (Å²) < 4.78 is 7.43. The standard InChI is InChI=1S/C15H14N2O3/c1-2-14-16-12-8-10(15(18)19)5-6-13(12)17(14)9-11-4-3-7-20-11/h3-8H,2,9H2,1H3,(H,18,19). The number of hydrogen-bond donors (Lipinski definition) is 1. The highest BCUT2D eigenvalue weighted by molar-refractivity contribution is 5.92. The molecule has 0 bridgehead atoms. The first kappa shape index (κ1) is 12.5. The van der Waals surface area contributed by atoms with Crippen LogP contribution in [0.2, 0.25) is 0 Å². The number of aromatic nitrogens is 2. The normalized spacial score (nSPS) is 11.1. The number of fused-ring (bicyclic) bond motifs is 1. The lowest BCUT2D eigenvalue weighted by molar-refractivity contribution is 0.0697. The molecule has 5 nitrogen and oxygen atoms in total. The molecule has 102 valence electrons. The number of carboxylic acid groups (broad SMARTS) is 1. The first-order chi connectivity index (χ1) is 9.69. The van der Waals surface area contributed by atoms with Crippen molar-refractivity contribution in [2.24, 2.45) is 0 Å². The van der Waals surface area contributed by atoms with Gasteiger partial charge in [0.2, 0.25) is 0 Å². The number of rotatable bonds is 4. The Morgan fingerprint density at radius 1 is 1.40 bits per heavy atom. The molecule has 20 heavy (non-hydrogen) atoms. The molecule has 2 heterocycles. The lowest BCUT2D eigenvalue weighted by Crippen LogP contribution is -2.03. The van der Waals surface area contributed by atoms with Crippen LogP contribution in [0.4, 0.5) is 0 Å². The molecule has 0 fully saturated rings. The summed E-state index contributed by atoms with van der Waals surface area (Å²) in [6.07, 6.45) is 2.42. The summed E-state index contributed by atoms with van der Waals surface area (Å²) in [5.41, 5.74) is 1.87. The summed E-state index contributed by atoms with van der Waals surface area (Å²) >= 11 is 0. The van der Waals surface area contributed by atoms with Gasteiger partial charge in [0.15, 0.2) is 0 Å². The predicted molar refractivity (Wildman–Crippen MR) is 73.9 cm³/mol. The van der Waals surface area contributed by atoms with Crippen molar-refractivity contribution in [2.45, 2.75) is 19.9 Å². The zero-order valence-electron chi connectivity index (χ0n) is 11.0. The number of aryl methyl sites for hydroxylation is 1. The molecule has 0 atom stereocenters. The number of carbonyl (C=O) groups is 1. The Hall–Kier alpha value is -2.56. The molecule has 2 aromatic heterocycles. The van der Waals surface area contributed by atoms with E-state index in [9.17, 15) is 4.79 Å². The minimum Gasteiger partial charge on any atom is -0.478 e. The molecule has 0 saturated carbocycles. The molecule has 0 unspecified atom stereocenters. The van der Waals surface area contributed by atoms with E-state index >= 15 is 0 Å². The summed E-state index contributed by atoms with van der Waals surface area (Å²) in [5.74, 6) is 0.825. The van der Waals surface area contributed by atoms with Gasteiger partial charge in [-0.25, -0.2) is 9.78 Å². The van der Waals surface area contributed by atoms with Crippen molar-refractivity contribution in [3.05, 3.63) is 53.7 Å². The number of furan rings is 1. The lowest BCUT2D eigenvalue weighted by Gasteiger charge is -2.05. The van der Waals surface area contributed by atoms with E-state index in [0.717, 1.165) is 23.5 Å². The van der Waals surface area contributed by atoms with E-state index in [1.54, 1.807) is 24.5 Å². The van der Waals surface area contributed by atoms with Crippen LogP contribution in [0.3, 0.4) is 0 Å². The third-order valence-electron chi connectivity index (χ3n) is 3.28. The maximum atomic E-state index is 11.0. The van der Waals surface area contributed by atoms with Crippen molar-refractivity contribution < 1.29 is 14.3 Å². The molecule has 0 saturated heterocycles. The number of imidazole rings is 1.